The Labute approximate surface area is 200 Å². The third-order valence-electron chi connectivity index (χ3n) is 6.56. The van der Waals surface area contributed by atoms with Crippen LogP contribution in [-0.4, -0.2) is 54.2 Å². The molecule has 1 saturated heterocycles. The zero-order valence-electron chi connectivity index (χ0n) is 20.3. The SMILES string of the molecule is CC(OC(=O)NC1C(O)[C@@H](COC(=O)C(C)(C)C)O[C@H]1C)C1c2ccccc2-c2ccccc21. The standard InChI is InChI=1S/C27H33NO6/c1-15(22-19-12-8-6-10-17(19)18-11-7-9-13-20(18)22)34-26(31)28-23-16(2)33-21(24(23)29)14-32-25(30)27(3,4)5/h6-13,15-16,21-24,29H,14H2,1-5H3,(H,28,31)/t15?,16-,21+,23?,24?/m0/s1. The predicted octanol–water partition coefficient (Wildman–Crippen LogP) is 4.02. The Morgan fingerprint density at radius 2 is 1.62 bits per heavy atom. The summed E-state index contributed by atoms with van der Waals surface area (Å²) >= 11 is 0. The average molecular weight is 468 g/mol. The molecule has 2 aliphatic rings. The first kappa shape index (κ1) is 24.2. The largest absolute Gasteiger partial charge is 0.462 e. The highest BCUT2D eigenvalue weighted by Gasteiger charge is 2.44. The Balaban J connectivity index is 1.39. The molecule has 4 rings (SSSR count). The molecule has 0 aromatic heterocycles. The van der Waals surface area contributed by atoms with Crippen LogP contribution < -0.4 is 5.32 Å². The van der Waals surface area contributed by atoms with Gasteiger partial charge in [0.15, 0.2) is 0 Å². The van der Waals surface area contributed by atoms with Crippen molar-refractivity contribution in [3.8, 4) is 11.1 Å². The molecule has 7 nitrogen and oxygen atoms in total. The number of carbonyl (C=O) groups is 2. The van der Waals surface area contributed by atoms with Gasteiger partial charge in [-0.25, -0.2) is 4.79 Å². The molecule has 1 aliphatic carbocycles. The van der Waals surface area contributed by atoms with Gasteiger partial charge in [0.1, 0.15) is 24.9 Å². The predicted molar refractivity (Wildman–Crippen MR) is 127 cm³/mol. The maximum atomic E-state index is 12.8. The molecule has 5 atom stereocenters. The van der Waals surface area contributed by atoms with E-state index < -0.39 is 42.0 Å². The second-order valence-electron chi connectivity index (χ2n) is 10.2. The Morgan fingerprint density at radius 3 is 2.18 bits per heavy atom. The van der Waals surface area contributed by atoms with Gasteiger partial charge in [0.05, 0.1) is 17.6 Å². The van der Waals surface area contributed by atoms with Crippen LogP contribution >= 0.6 is 0 Å². The maximum absolute atomic E-state index is 12.8. The number of alkyl carbamates (subject to hydrolysis) is 1. The Morgan fingerprint density at radius 1 is 1.06 bits per heavy atom. The summed E-state index contributed by atoms with van der Waals surface area (Å²) in [5, 5.41) is 13.5. The average Bonchev–Trinajstić information content (AvgIpc) is 3.26. The lowest BCUT2D eigenvalue weighted by atomic mass is 9.92. The number of carbonyl (C=O) groups excluding carboxylic acids is 2. The van der Waals surface area contributed by atoms with Gasteiger partial charge in [0.2, 0.25) is 0 Å². The van der Waals surface area contributed by atoms with E-state index in [0.717, 1.165) is 22.3 Å². The van der Waals surface area contributed by atoms with Crippen LogP contribution in [0.1, 0.15) is 51.7 Å². The zero-order valence-corrected chi connectivity index (χ0v) is 20.3. The number of fused-ring (bicyclic) bond motifs is 3. The van der Waals surface area contributed by atoms with Crippen LogP contribution in [0.2, 0.25) is 0 Å². The topological polar surface area (TPSA) is 94.1 Å². The normalized spacial score (nSPS) is 24.8. The highest BCUT2D eigenvalue weighted by Crippen LogP contribution is 2.46. The minimum Gasteiger partial charge on any atom is -0.462 e. The van der Waals surface area contributed by atoms with Gasteiger partial charge in [-0.05, 0) is 56.9 Å². The highest BCUT2D eigenvalue weighted by molar-refractivity contribution is 5.79. The van der Waals surface area contributed by atoms with E-state index in [2.05, 4.69) is 29.6 Å². The Hall–Kier alpha value is -2.90. The monoisotopic (exact) mass is 467 g/mol. The van der Waals surface area contributed by atoms with E-state index in [1.165, 1.54) is 0 Å². The van der Waals surface area contributed by atoms with Gasteiger partial charge in [0, 0.05) is 5.92 Å². The van der Waals surface area contributed by atoms with Crippen molar-refractivity contribution in [3.63, 3.8) is 0 Å². The van der Waals surface area contributed by atoms with Gasteiger partial charge < -0.3 is 24.6 Å². The van der Waals surface area contributed by atoms with E-state index in [4.69, 9.17) is 14.2 Å². The first-order valence-electron chi connectivity index (χ1n) is 11.7. The Bertz CT molecular complexity index is 1020. The number of ether oxygens (including phenoxy) is 3. The number of nitrogens with one attached hydrogen (secondary N) is 1. The molecule has 2 aromatic rings. The van der Waals surface area contributed by atoms with Crippen molar-refractivity contribution < 1.29 is 28.9 Å². The number of aliphatic hydroxyl groups excluding tert-OH is 1. The molecular weight excluding hydrogens is 434 g/mol. The van der Waals surface area contributed by atoms with Crippen LogP contribution in [0.15, 0.2) is 48.5 Å². The molecule has 0 bridgehead atoms. The quantitative estimate of drug-likeness (QED) is 0.645. The fourth-order valence-corrected chi connectivity index (χ4v) is 4.77. The molecule has 2 N–H and O–H groups in total. The lowest BCUT2D eigenvalue weighted by molar-refractivity contribution is -0.158. The number of esters is 1. The molecule has 182 valence electrons. The summed E-state index contributed by atoms with van der Waals surface area (Å²) in [6.07, 6.45) is -3.27. The summed E-state index contributed by atoms with van der Waals surface area (Å²) < 4.78 is 16.8. The van der Waals surface area contributed by atoms with Crippen LogP contribution in [0.4, 0.5) is 4.79 Å². The lowest BCUT2D eigenvalue weighted by Gasteiger charge is -2.25. The second-order valence-corrected chi connectivity index (χ2v) is 10.2. The van der Waals surface area contributed by atoms with Gasteiger partial charge in [-0.2, -0.15) is 0 Å². The molecule has 1 amide bonds. The molecular formula is C27H33NO6. The minimum atomic E-state index is -1.03. The number of benzene rings is 2. The molecule has 1 heterocycles. The zero-order chi connectivity index (χ0) is 24.6. The van der Waals surface area contributed by atoms with Crippen molar-refractivity contribution in [1.29, 1.82) is 0 Å². The van der Waals surface area contributed by atoms with Gasteiger partial charge >= 0.3 is 12.1 Å². The summed E-state index contributed by atoms with van der Waals surface area (Å²) in [6, 6.07) is 15.6. The molecule has 2 aromatic carbocycles. The van der Waals surface area contributed by atoms with Gasteiger partial charge in [-0.3, -0.25) is 4.79 Å². The summed E-state index contributed by atoms with van der Waals surface area (Å²) in [5.41, 5.74) is 3.91. The van der Waals surface area contributed by atoms with E-state index in [1.807, 2.05) is 31.2 Å². The van der Waals surface area contributed by atoms with Crippen molar-refractivity contribution in [3.05, 3.63) is 59.7 Å². The van der Waals surface area contributed by atoms with E-state index in [9.17, 15) is 14.7 Å². The number of hydrogen-bond donors (Lipinski definition) is 2. The molecule has 1 aliphatic heterocycles. The first-order chi connectivity index (χ1) is 16.1. The van der Waals surface area contributed by atoms with Gasteiger partial charge in [-0.15, -0.1) is 0 Å². The molecule has 3 unspecified atom stereocenters. The van der Waals surface area contributed by atoms with Crippen molar-refractivity contribution in [1.82, 2.24) is 5.32 Å². The fraction of sp³-hybridized carbons (Fsp3) is 0.481. The van der Waals surface area contributed by atoms with E-state index in [0.29, 0.717) is 0 Å². The highest BCUT2D eigenvalue weighted by atomic mass is 16.6. The maximum Gasteiger partial charge on any atom is 0.407 e. The van der Waals surface area contributed by atoms with Crippen molar-refractivity contribution >= 4 is 12.1 Å². The van der Waals surface area contributed by atoms with Crippen LogP contribution in [-0.2, 0) is 19.0 Å². The van der Waals surface area contributed by atoms with Gasteiger partial charge in [-0.1, -0.05) is 48.5 Å². The van der Waals surface area contributed by atoms with Crippen molar-refractivity contribution in [2.24, 2.45) is 5.41 Å². The number of hydrogen-bond acceptors (Lipinski definition) is 6. The lowest BCUT2D eigenvalue weighted by Crippen LogP contribution is -2.48. The molecule has 34 heavy (non-hydrogen) atoms. The van der Waals surface area contributed by atoms with Crippen LogP contribution in [0.25, 0.3) is 11.1 Å². The molecule has 0 saturated carbocycles. The molecule has 7 heteroatoms. The summed E-state index contributed by atoms with van der Waals surface area (Å²) in [4.78, 5) is 24.8. The fourth-order valence-electron chi connectivity index (χ4n) is 4.77. The van der Waals surface area contributed by atoms with Gasteiger partial charge in [0.25, 0.3) is 0 Å². The molecule has 1 fully saturated rings. The summed E-state index contributed by atoms with van der Waals surface area (Å²) in [5.74, 6) is -0.456. The van der Waals surface area contributed by atoms with E-state index in [-0.39, 0.29) is 18.5 Å². The van der Waals surface area contributed by atoms with Crippen LogP contribution in [0, 0.1) is 5.41 Å². The van der Waals surface area contributed by atoms with Crippen LogP contribution in [0.3, 0.4) is 0 Å². The van der Waals surface area contributed by atoms with E-state index in [1.54, 1.807) is 27.7 Å². The number of rotatable bonds is 5. The number of aliphatic hydroxyl groups is 1. The summed E-state index contributed by atoms with van der Waals surface area (Å²) in [6.45, 7) is 8.82. The molecule has 0 radical (unpaired) electrons. The summed E-state index contributed by atoms with van der Waals surface area (Å²) in [7, 11) is 0. The first-order valence-corrected chi connectivity index (χ1v) is 11.7. The third kappa shape index (κ3) is 4.68. The molecule has 0 spiro atoms. The minimum absolute atomic E-state index is 0.0788. The van der Waals surface area contributed by atoms with Crippen LogP contribution in [0.5, 0.6) is 0 Å². The number of amides is 1. The van der Waals surface area contributed by atoms with Crippen molar-refractivity contribution in [2.45, 2.75) is 71.0 Å². The van der Waals surface area contributed by atoms with Crippen molar-refractivity contribution in [2.75, 3.05) is 6.61 Å². The Kier molecular flexibility index (Phi) is 6.69. The van der Waals surface area contributed by atoms with E-state index >= 15 is 0 Å². The third-order valence-corrected chi connectivity index (χ3v) is 6.56. The smallest absolute Gasteiger partial charge is 0.407 e. The second kappa shape index (κ2) is 9.39.